The molecule has 0 radical (unpaired) electrons. The van der Waals surface area contributed by atoms with Gasteiger partial charge in [-0.15, -0.1) is 0 Å². The first kappa shape index (κ1) is 20.0. The Morgan fingerprint density at radius 1 is 1.27 bits per heavy atom. The summed E-state index contributed by atoms with van der Waals surface area (Å²) in [5.41, 5.74) is 1.04. The summed E-state index contributed by atoms with van der Waals surface area (Å²) in [6, 6.07) is 7.51. The van der Waals surface area contributed by atoms with Gasteiger partial charge >= 0.3 is 0 Å². The van der Waals surface area contributed by atoms with Gasteiger partial charge in [0.25, 0.3) is 5.91 Å². The van der Waals surface area contributed by atoms with E-state index in [1.54, 1.807) is 10.9 Å². The van der Waals surface area contributed by atoms with E-state index in [4.69, 9.17) is 11.6 Å². The number of amides is 2. The van der Waals surface area contributed by atoms with Crippen LogP contribution in [0.15, 0.2) is 36.7 Å². The number of hydrogen-bond donors (Lipinski definition) is 1. The summed E-state index contributed by atoms with van der Waals surface area (Å²) < 4.78 is 1.66. The lowest BCUT2D eigenvalue weighted by Crippen LogP contribution is -2.47. The Kier molecular flexibility index (Phi) is 6.42. The van der Waals surface area contributed by atoms with E-state index in [0.29, 0.717) is 23.7 Å². The average molecular weight is 377 g/mol. The highest BCUT2D eigenvalue weighted by Gasteiger charge is 2.21. The summed E-state index contributed by atoms with van der Waals surface area (Å²) in [6.45, 7) is 8.49. The molecule has 0 bridgehead atoms. The molecule has 1 aromatic heterocycles. The zero-order chi connectivity index (χ0) is 19.3. The molecule has 0 fully saturated rings. The van der Waals surface area contributed by atoms with Crippen LogP contribution in [-0.4, -0.2) is 45.1 Å². The van der Waals surface area contributed by atoms with Crippen molar-refractivity contribution in [2.45, 2.75) is 39.8 Å². The van der Waals surface area contributed by atoms with Crippen LogP contribution in [-0.2, 0) is 11.3 Å². The largest absolute Gasteiger partial charge is 0.350 e. The second kappa shape index (κ2) is 8.36. The molecule has 140 valence electrons. The third kappa shape index (κ3) is 5.59. The van der Waals surface area contributed by atoms with Crippen LogP contribution in [0.25, 0.3) is 0 Å². The van der Waals surface area contributed by atoms with Crippen molar-refractivity contribution >= 4 is 23.4 Å². The molecule has 0 aliphatic rings. The van der Waals surface area contributed by atoms with Crippen molar-refractivity contribution in [3.05, 3.63) is 52.8 Å². The minimum absolute atomic E-state index is 0.0162. The number of nitrogens with one attached hydrogen (secondary N) is 1. The van der Waals surface area contributed by atoms with Crippen molar-refractivity contribution in [3.63, 3.8) is 0 Å². The number of rotatable bonds is 6. The van der Waals surface area contributed by atoms with Crippen LogP contribution in [0.5, 0.6) is 0 Å². The molecule has 26 heavy (non-hydrogen) atoms. The molecule has 1 N–H and O–H groups in total. The number of carbonyl (C=O) groups is 2. The number of halogens is 1. The van der Waals surface area contributed by atoms with Crippen molar-refractivity contribution < 1.29 is 9.59 Å². The summed E-state index contributed by atoms with van der Waals surface area (Å²) in [7, 11) is 0. The Hall–Kier alpha value is -2.34. The highest BCUT2D eigenvalue weighted by Crippen LogP contribution is 2.16. The normalized spacial score (nSPS) is 11.3. The fourth-order valence-corrected chi connectivity index (χ4v) is 2.70. The number of carbonyl (C=O) groups excluding carboxylic acids is 2. The maximum Gasteiger partial charge on any atom is 0.257 e. The Morgan fingerprint density at radius 2 is 1.96 bits per heavy atom. The van der Waals surface area contributed by atoms with E-state index in [-0.39, 0.29) is 23.9 Å². The van der Waals surface area contributed by atoms with Crippen LogP contribution in [0, 0.1) is 0 Å². The molecule has 0 aliphatic heterocycles. The van der Waals surface area contributed by atoms with E-state index in [1.807, 2.05) is 52.0 Å². The van der Waals surface area contributed by atoms with Gasteiger partial charge in [0, 0.05) is 23.3 Å². The van der Waals surface area contributed by atoms with Crippen LogP contribution >= 0.6 is 11.6 Å². The van der Waals surface area contributed by atoms with Gasteiger partial charge in [-0.1, -0.05) is 29.8 Å². The maximum absolute atomic E-state index is 12.7. The molecule has 0 saturated carbocycles. The Morgan fingerprint density at radius 3 is 2.58 bits per heavy atom. The third-order valence-electron chi connectivity index (χ3n) is 3.69. The molecule has 1 aromatic carbocycles. The van der Waals surface area contributed by atoms with Crippen molar-refractivity contribution in [2.24, 2.45) is 0 Å². The number of benzene rings is 1. The number of hydrogen-bond acceptors (Lipinski definition) is 3. The van der Waals surface area contributed by atoms with Crippen LogP contribution in [0.4, 0.5) is 0 Å². The molecule has 2 aromatic rings. The highest BCUT2D eigenvalue weighted by atomic mass is 35.5. The topological polar surface area (TPSA) is 67.2 Å². The fraction of sp³-hybridized carbons (Fsp3) is 0.421. The molecule has 6 nitrogen and oxygen atoms in total. The van der Waals surface area contributed by atoms with Crippen LogP contribution in [0.3, 0.4) is 0 Å². The van der Waals surface area contributed by atoms with Gasteiger partial charge in [0.15, 0.2) is 0 Å². The standard InChI is InChI=1S/C19H25ClN4O2/c1-5-23(13-17(25)22-19(2,3)4)18(26)15-10-21-24(12-15)11-14-8-6-7-9-16(14)20/h6-10,12H,5,11,13H2,1-4H3,(H,22,25). The molecular formula is C19H25ClN4O2. The van der Waals surface area contributed by atoms with E-state index in [1.165, 1.54) is 11.1 Å². The molecule has 2 rings (SSSR count). The molecule has 0 spiro atoms. The van der Waals surface area contributed by atoms with Crippen LogP contribution < -0.4 is 5.32 Å². The van der Waals surface area contributed by atoms with Crippen molar-refractivity contribution in [3.8, 4) is 0 Å². The molecule has 0 saturated heterocycles. The average Bonchev–Trinajstić information content (AvgIpc) is 3.01. The van der Waals surface area contributed by atoms with E-state index in [2.05, 4.69) is 10.4 Å². The molecule has 0 unspecified atom stereocenters. The van der Waals surface area contributed by atoms with Gasteiger partial charge in [0.2, 0.25) is 5.91 Å². The lowest BCUT2D eigenvalue weighted by atomic mass is 10.1. The second-order valence-electron chi connectivity index (χ2n) is 7.14. The Bertz CT molecular complexity index is 780. The molecule has 0 atom stereocenters. The minimum Gasteiger partial charge on any atom is -0.350 e. The minimum atomic E-state index is -0.334. The zero-order valence-electron chi connectivity index (χ0n) is 15.6. The number of likely N-dealkylation sites (N-methyl/N-ethyl adjacent to an activating group) is 1. The van der Waals surface area contributed by atoms with Gasteiger partial charge < -0.3 is 10.2 Å². The first-order valence-electron chi connectivity index (χ1n) is 8.55. The second-order valence-corrected chi connectivity index (χ2v) is 7.54. The smallest absolute Gasteiger partial charge is 0.257 e. The van der Waals surface area contributed by atoms with E-state index in [0.717, 1.165) is 5.56 Å². The molecule has 0 aliphatic carbocycles. The molecular weight excluding hydrogens is 352 g/mol. The SMILES string of the molecule is CCN(CC(=O)NC(C)(C)C)C(=O)c1cnn(Cc2ccccc2Cl)c1. The van der Waals surface area contributed by atoms with Crippen molar-refractivity contribution in [1.82, 2.24) is 20.0 Å². The van der Waals surface area contributed by atoms with Gasteiger partial charge in [-0.2, -0.15) is 5.10 Å². The Labute approximate surface area is 159 Å². The van der Waals surface area contributed by atoms with Gasteiger partial charge in [0.05, 0.1) is 24.8 Å². The summed E-state index contributed by atoms with van der Waals surface area (Å²) in [6.07, 6.45) is 3.19. The molecule has 1 heterocycles. The lowest BCUT2D eigenvalue weighted by Gasteiger charge is -2.24. The number of aromatic nitrogens is 2. The van der Waals surface area contributed by atoms with Crippen LogP contribution in [0.2, 0.25) is 5.02 Å². The predicted molar refractivity (Wildman–Crippen MR) is 102 cm³/mol. The van der Waals surface area contributed by atoms with Crippen LogP contribution in [0.1, 0.15) is 43.6 Å². The third-order valence-corrected chi connectivity index (χ3v) is 4.06. The summed E-state index contributed by atoms with van der Waals surface area (Å²) in [4.78, 5) is 26.3. The predicted octanol–water partition coefficient (Wildman–Crippen LogP) is 2.96. The first-order chi connectivity index (χ1) is 12.2. The van der Waals surface area contributed by atoms with Crippen molar-refractivity contribution in [2.75, 3.05) is 13.1 Å². The summed E-state index contributed by atoms with van der Waals surface area (Å²) in [5, 5.41) is 7.76. The number of nitrogens with zero attached hydrogens (tertiary/aromatic N) is 3. The van der Waals surface area contributed by atoms with Gasteiger partial charge in [-0.25, -0.2) is 0 Å². The van der Waals surface area contributed by atoms with E-state index < -0.39 is 0 Å². The maximum atomic E-state index is 12.7. The first-order valence-corrected chi connectivity index (χ1v) is 8.93. The fourth-order valence-electron chi connectivity index (χ4n) is 2.50. The van der Waals surface area contributed by atoms with E-state index >= 15 is 0 Å². The van der Waals surface area contributed by atoms with Gasteiger partial charge in [-0.05, 0) is 39.3 Å². The van der Waals surface area contributed by atoms with E-state index in [9.17, 15) is 9.59 Å². The summed E-state index contributed by atoms with van der Waals surface area (Å²) >= 11 is 6.17. The lowest BCUT2D eigenvalue weighted by molar-refractivity contribution is -0.123. The summed E-state index contributed by atoms with van der Waals surface area (Å²) in [5.74, 6) is -0.405. The monoisotopic (exact) mass is 376 g/mol. The van der Waals surface area contributed by atoms with Gasteiger partial charge in [0.1, 0.15) is 0 Å². The zero-order valence-corrected chi connectivity index (χ0v) is 16.4. The molecule has 2 amide bonds. The van der Waals surface area contributed by atoms with Crippen molar-refractivity contribution in [1.29, 1.82) is 0 Å². The highest BCUT2D eigenvalue weighted by molar-refractivity contribution is 6.31. The van der Waals surface area contributed by atoms with Gasteiger partial charge in [-0.3, -0.25) is 14.3 Å². The quantitative estimate of drug-likeness (QED) is 0.842. The molecule has 7 heteroatoms. The Balaban J connectivity index is 2.05.